The van der Waals surface area contributed by atoms with Gasteiger partial charge in [-0.15, -0.1) is 0 Å². The minimum atomic E-state index is -0.501. The van der Waals surface area contributed by atoms with E-state index < -0.39 is 11.1 Å². The Morgan fingerprint density at radius 2 is 0.660 bits per heavy atom. The molecule has 6 aromatic rings. The third-order valence-electron chi connectivity index (χ3n) is 9.31. The van der Waals surface area contributed by atoms with Crippen LogP contribution in [-0.2, 0) is 11.1 Å². The molecule has 53 heavy (non-hydrogen) atoms. The maximum Gasteiger partial charge on any atom is 0.164 e. The van der Waals surface area contributed by atoms with Crippen molar-refractivity contribution in [2.45, 2.75) is 49.9 Å². The number of hydrogen-bond acceptors (Lipinski definition) is 4. The topological polar surface area (TPSA) is 88.1 Å². The molecule has 6 aromatic carbocycles. The molecule has 0 aliphatic heterocycles. The molecule has 272 valence electrons. The van der Waals surface area contributed by atoms with E-state index in [-0.39, 0.29) is 11.1 Å². The summed E-state index contributed by atoms with van der Waals surface area (Å²) in [7, 11) is 0. The molecule has 0 spiro atoms. The van der Waals surface area contributed by atoms with Crippen LogP contribution in [0.25, 0.3) is 0 Å². The number of thiocarbonyl (C=S) groups is 1. The molecule has 0 radical (unpaired) electrons. The van der Waals surface area contributed by atoms with E-state index in [4.69, 9.17) is 23.7 Å². The minimum absolute atomic E-state index is 0.302. The summed E-state index contributed by atoms with van der Waals surface area (Å²) in [5.41, 5.74) is 17.6. The van der Waals surface area contributed by atoms with Gasteiger partial charge >= 0.3 is 0 Å². The average molecular weight is 720 g/mol. The number of hydrogen-bond donors (Lipinski definition) is 5. The van der Waals surface area contributed by atoms with Crippen molar-refractivity contribution in [3.05, 3.63) is 215 Å². The van der Waals surface area contributed by atoms with Crippen LogP contribution < -0.4 is 27.4 Å². The van der Waals surface area contributed by atoms with Gasteiger partial charge in [0, 0.05) is 24.2 Å². The second kappa shape index (κ2) is 17.6. The molecule has 5 nitrogen and oxygen atoms in total. The van der Waals surface area contributed by atoms with Crippen molar-refractivity contribution in [3.63, 3.8) is 0 Å². The monoisotopic (exact) mass is 719 g/mol. The Morgan fingerprint density at radius 1 is 0.434 bits per heavy atom. The Morgan fingerprint density at radius 3 is 0.868 bits per heavy atom. The smallest absolute Gasteiger partial charge is 0.164 e. The maximum atomic E-state index is 6.31. The Bertz CT molecular complexity index is 1770. The summed E-state index contributed by atoms with van der Waals surface area (Å²) >= 11 is 5.07. The lowest BCUT2D eigenvalue weighted by Gasteiger charge is -2.40. The third kappa shape index (κ3) is 9.86. The fraction of sp³-hybridized carbons (Fsp3) is 0.213. The molecule has 0 saturated carbocycles. The van der Waals surface area contributed by atoms with Crippen LogP contribution in [0.5, 0.6) is 0 Å². The van der Waals surface area contributed by atoms with Gasteiger partial charge in [-0.1, -0.05) is 182 Å². The summed E-state index contributed by atoms with van der Waals surface area (Å²) in [6.07, 6.45) is 0. The van der Waals surface area contributed by atoms with E-state index in [1.165, 1.54) is 33.4 Å². The quantitative estimate of drug-likeness (QED) is 0.0608. The van der Waals surface area contributed by atoms with Gasteiger partial charge < -0.3 is 16.8 Å². The van der Waals surface area contributed by atoms with Crippen LogP contribution in [0.2, 0.25) is 0 Å². The third-order valence-corrected chi connectivity index (χ3v) is 9.41. The van der Waals surface area contributed by atoms with Crippen molar-refractivity contribution in [3.8, 4) is 0 Å². The highest BCUT2D eigenvalue weighted by Crippen LogP contribution is 2.38. The van der Waals surface area contributed by atoms with Gasteiger partial charge in [0.1, 0.15) is 0 Å². The molecule has 0 aliphatic rings. The van der Waals surface area contributed by atoms with Crippen molar-refractivity contribution < 1.29 is 0 Å². The lowest BCUT2D eigenvalue weighted by Crippen LogP contribution is -2.56. The molecule has 0 amide bonds. The van der Waals surface area contributed by atoms with Gasteiger partial charge in [0.25, 0.3) is 0 Å². The molecule has 0 saturated heterocycles. The van der Waals surface area contributed by atoms with E-state index in [1.807, 2.05) is 32.0 Å². The summed E-state index contributed by atoms with van der Waals surface area (Å²) in [5, 5.41) is 11.1. The van der Waals surface area contributed by atoms with E-state index in [0.717, 1.165) is 0 Å². The Balaban J connectivity index is 0.000000206. The first-order valence-electron chi connectivity index (χ1n) is 18.2. The van der Waals surface area contributed by atoms with Gasteiger partial charge in [-0.2, -0.15) is 0 Å². The van der Waals surface area contributed by atoms with Gasteiger partial charge in [-0.3, -0.25) is 10.6 Å². The standard InChI is InChI=1S/C24H27N3S.C23H26N2/c1-23(2,27-22(25)28)18-26-24(19-12-6-3-7-13-19,20-14-8-4-9-15-20)21-16-10-5-11-17-21;1-22(2,24)18-25-23(19-12-6-3-7-13-19,20-14-8-4-9-15-20)21-16-10-5-11-17-21/h3-17,26H,18H2,1-2H3,(H3,25,27,28);3-17,25H,18,24H2,1-2H3. The Labute approximate surface area is 321 Å². The molecule has 0 fully saturated rings. The van der Waals surface area contributed by atoms with Crippen LogP contribution >= 0.6 is 12.2 Å². The Kier molecular flexibility index (Phi) is 13.0. The second-order valence-electron chi connectivity index (χ2n) is 14.8. The first-order chi connectivity index (χ1) is 25.5. The number of benzene rings is 6. The number of nitrogens with two attached hydrogens (primary N) is 2. The Hall–Kier alpha value is -5.11. The molecule has 0 bridgehead atoms. The summed E-state index contributed by atoms with van der Waals surface area (Å²) in [5.74, 6) is 0. The predicted octanol–water partition coefficient (Wildman–Crippen LogP) is 8.49. The number of nitrogens with one attached hydrogen (secondary N) is 3. The zero-order valence-electron chi connectivity index (χ0n) is 31.3. The van der Waals surface area contributed by atoms with E-state index in [1.54, 1.807) is 0 Å². The molecule has 7 N–H and O–H groups in total. The molecule has 0 aromatic heterocycles. The van der Waals surface area contributed by atoms with Gasteiger partial charge in [-0.05, 0) is 73.3 Å². The van der Waals surface area contributed by atoms with Crippen LogP contribution in [0, 0.1) is 0 Å². The minimum Gasteiger partial charge on any atom is -0.376 e. The van der Waals surface area contributed by atoms with Crippen molar-refractivity contribution in [2.75, 3.05) is 13.1 Å². The zero-order chi connectivity index (χ0) is 37.8. The summed E-state index contributed by atoms with van der Waals surface area (Å²) in [4.78, 5) is 0. The van der Waals surface area contributed by atoms with E-state index in [0.29, 0.717) is 18.2 Å². The van der Waals surface area contributed by atoms with Crippen LogP contribution in [0.4, 0.5) is 0 Å². The molecule has 0 aliphatic carbocycles. The molecule has 0 unspecified atom stereocenters. The number of rotatable bonds is 13. The average Bonchev–Trinajstić information content (AvgIpc) is 3.17. The molecule has 6 heteroatoms. The molecule has 0 heterocycles. The van der Waals surface area contributed by atoms with Crippen LogP contribution in [-0.4, -0.2) is 29.3 Å². The van der Waals surface area contributed by atoms with Crippen molar-refractivity contribution in [2.24, 2.45) is 11.5 Å². The van der Waals surface area contributed by atoms with E-state index in [2.05, 4.69) is 194 Å². The van der Waals surface area contributed by atoms with Crippen molar-refractivity contribution in [1.29, 1.82) is 0 Å². The van der Waals surface area contributed by atoms with Crippen LogP contribution in [0.1, 0.15) is 61.1 Å². The highest BCUT2D eigenvalue weighted by atomic mass is 32.1. The van der Waals surface area contributed by atoms with Crippen molar-refractivity contribution in [1.82, 2.24) is 16.0 Å². The lowest BCUT2D eigenvalue weighted by atomic mass is 9.76. The van der Waals surface area contributed by atoms with Gasteiger partial charge in [0.2, 0.25) is 0 Å². The lowest BCUT2D eigenvalue weighted by molar-refractivity contribution is 0.365. The largest absolute Gasteiger partial charge is 0.376 e. The van der Waals surface area contributed by atoms with Gasteiger partial charge in [0.15, 0.2) is 5.11 Å². The summed E-state index contributed by atoms with van der Waals surface area (Å²) < 4.78 is 0. The molecule has 0 atom stereocenters. The second-order valence-corrected chi connectivity index (χ2v) is 15.2. The highest BCUT2D eigenvalue weighted by molar-refractivity contribution is 7.80. The highest BCUT2D eigenvalue weighted by Gasteiger charge is 2.38. The normalized spacial score (nSPS) is 11.9. The first-order valence-corrected chi connectivity index (χ1v) is 18.6. The van der Waals surface area contributed by atoms with Gasteiger partial charge in [0.05, 0.1) is 11.1 Å². The fourth-order valence-electron chi connectivity index (χ4n) is 6.83. The van der Waals surface area contributed by atoms with E-state index >= 15 is 0 Å². The van der Waals surface area contributed by atoms with Crippen LogP contribution in [0.15, 0.2) is 182 Å². The van der Waals surface area contributed by atoms with Crippen molar-refractivity contribution >= 4 is 17.3 Å². The van der Waals surface area contributed by atoms with Gasteiger partial charge in [-0.25, -0.2) is 0 Å². The molecular weight excluding hydrogens is 667 g/mol. The summed E-state index contributed by atoms with van der Waals surface area (Å²) in [6.45, 7) is 9.61. The van der Waals surface area contributed by atoms with E-state index in [9.17, 15) is 0 Å². The maximum absolute atomic E-state index is 6.31. The molecule has 6 rings (SSSR count). The van der Waals surface area contributed by atoms with Crippen LogP contribution in [0.3, 0.4) is 0 Å². The summed E-state index contributed by atoms with van der Waals surface area (Å²) in [6, 6.07) is 63.4. The first kappa shape index (κ1) is 39.1. The predicted molar refractivity (Wildman–Crippen MR) is 227 cm³/mol. The zero-order valence-corrected chi connectivity index (χ0v) is 32.1. The SMILES string of the molecule is CC(C)(CNC(c1ccccc1)(c1ccccc1)c1ccccc1)NC(N)=S.CC(C)(N)CNC(c1ccccc1)(c1ccccc1)c1ccccc1. The molecular formula is C47H53N5S. The fourth-order valence-corrected chi connectivity index (χ4v) is 7.11.